The number of benzene rings is 2. The Kier molecular flexibility index (Phi) is 6.41. The minimum absolute atomic E-state index is 0.173. The number of aryl methyl sites for hydroxylation is 2. The number of hydrogen-bond donors (Lipinski definition) is 0. The predicted octanol–water partition coefficient (Wildman–Crippen LogP) is 5.94. The summed E-state index contributed by atoms with van der Waals surface area (Å²) in [6, 6.07) is 11.4. The molecule has 2 nitrogen and oxygen atoms in total. The lowest BCUT2D eigenvalue weighted by Gasteiger charge is -2.21. The van der Waals surface area contributed by atoms with Crippen LogP contribution in [0.5, 0.6) is 0 Å². The summed E-state index contributed by atoms with van der Waals surface area (Å²) in [5.74, 6) is 0. The second kappa shape index (κ2) is 8.15. The normalized spacial score (nSPS) is 13.5. The van der Waals surface area contributed by atoms with Crippen molar-refractivity contribution in [1.82, 2.24) is 0 Å². The molecule has 0 N–H and O–H groups in total. The lowest BCUT2D eigenvalue weighted by molar-refractivity contribution is 0.107. The first-order valence-corrected chi connectivity index (χ1v) is 11.0. The van der Waals surface area contributed by atoms with Crippen molar-refractivity contribution >= 4 is 18.0 Å². The van der Waals surface area contributed by atoms with Crippen LogP contribution in [-0.4, -0.2) is 11.7 Å². The molecule has 1 unspecified atom stereocenters. The fraction of sp³-hybridized carbons (Fsp3) is 0.409. The third kappa shape index (κ3) is 3.96. The molecule has 0 aliphatic rings. The molecule has 134 valence electrons. The van der Waals surface area contributed by atoms with Gasteiger partial charge in [-0.2, -0.15) is 0 Å². The molecule has 0 radical (unpaired) electrons. The van der Waals surface area contributed by atoms with Gasteiger partial charge < -0.3 is 4.57 Å². The van der Waals surface area contributed by atoms with Crippen molar-refractivity contribution in [3.05, 3.63) is 64.2 Å². The van der Waals surface area contributed by atoms with Crippen LogP contribution in [-0.2, 0) is 4.57 Å². The highest BCUT2D eigenvalue weighted by Gasteiger charge is 2.35. The Bertz CT molecular complexity index is 807. The monoisotopic (exact) mass is 356 g/mol. The quantitative estimate of drug-likeness (QED) is 0.454. The lowest BCUT2D eigenvalue weighted by atomic mass is 9.95. The van der Waals surface area contributed by atoms with E-state index in [1.807, 2.05) is 57.2 Å². The van der Waals surface area contributed by atoms with Gasteiger partial charge in [-0.1, -0.05) is 56.2 Å². The van der Waals surface area contributed by atoms with Crippen molar-refractivity contribution in [2.45, 2.75) is 53.9 Å². The molecule has 2 rings (SSSR count). The Morgan fingerprint density at radius 3 is 2.16 bits per heavy atom. The maximum Gasteiger partial charge on any atom is 0.226 e. The Morgan fingerprint density at radius 1 is 0.920 bits per heavy atom. The molecule has 0 aliphatic heterocycles. The number of unbranched alkanes of at least 4 members (excludes halogenated alkanes) is 2. The van der Waals surface area contributed by atoms with Gasteiger partial charge in [0.05, 0.1) is 0 Å². The summed E-state index contributed by atoms with van der Waals surface area (Å²) in [4.78, 5) is 13.5. The molecule has 0 bridgehead atoms. The number of carbonyl (C=O) groups is 1. The van der Waals surface area contributed by atoms with Crippen LogP contribution in [0.2, 0.25) is 0 Å². The Balaban J connectivity index is 2.58. The van der Waals surface area contributed by atoms with Crippen LogP contribution in [0.3, 0.4) is 0 Å². The van der Waals surface area contributed by atoms with E-state index in [9.17, 15) is 9.36 Å². The molecule has 1 atom stereocenters. The van der Waals surface area contributed by atoms with Crippen LogP contribution in [0.15, 0.2) is 36.4 Å². The summed E-state index contributed by atoms with van der Waals surface area (Å²) in [6.07, 6.45) is 3.31. The van der Waals surface area contributed by atoms with Crippen molar-refractivity contribution in [2.24, 2.45) is 0 Å². The first-order chi connectivity index (χ1) is 11.8. The zero-order valence-electron chi connectivity index (χ0n) is 16.1. The van der Waals surface area contributed by atoms with Gasteiger partial charge in [-0.25, -0.2) is 0 Å². The van der Waals surface area contributed by atoms with E-state index >= 15 is 0 Å². The molecule has 3 heteroatoms. The van der Waals surface area contributed by atoms with Crippen molar-refractivity contribution in [1.29, 1.82) is 0 Å². The van der Waals surface area contributed by atoms with E-state index in [2.05, 4.69) is 13.8 Å². The first kappa shape index (κ1) is 19.7. The van der Waals surface area contributed by atoms with Crippen molar-refractivity contribution in [3.63, 3.8) is 0 Å². The highest BCUT2D eigenvalue weighted by Crippen LogP contribution is 2.50. The van der Waals surface area contributed by atoms with Gasteiger partial charge in [0.2, 0.25) is 5.52 Å². The minimum Gasteiger partial charge on any atom is -0.310 e. The maximum atomic E-state index is 13.9. The summed E-state index contributed by atoms with van der Waals surface area (Å²) in [7, 11) is -3.14. The van der Waals surface area contributed by atoms with Gasteiger partial charge in [0, 0.05) is 17.0 Å². The van der Waals surface area contributed by atoms with E-state index in [1.54, 1.807) is 0 Å². The molecule has 0 fully saturated rings. The molecule has 0 spiro atoms. The zero-order valence-corrected chi connectivity index (χ0v) is 17.0. The minimum atomic E-state index is -3.14. The van der Waals surface area contributed by atoms with Crippen LogP contribution >= 0.6 is 7.14 Å². The SMILES string of the molecule is CCCCCP(=O)(C(=O)c1c(C)cc(C)c(C)c1C)c1ccccc1. The van der Waals surface area contributed by atoms with Gasteiger partial charge in [0.15, 0.2) is 7.14 Å². The summed E-state index contributed by atoms with van der Waals surface area (Å²) in [6.45, 7) is 10.1. The molecule has 2 aromatic rings. The molecule has 0 heterocycles. The second-order valence-corrected chi connectivity index (χ2v) is 9.80. The van der Waals surface area contributed by atoms with Gasteiger partial charge in [-0.3, -0.25) is 4.79 Å². The lowest BCUT2D eigenvalue weighted by Crippen LogP contribution is -2.18. The van der Waals surface area contributed by atoms with Gasteiger partial charge in [0.1, 0.15) is 0 Å². The van der Waals surface area contributed by atoms with E-state index < -0.39 is 7.14 Å². The van der Waals surface area contributed by atoms with E-state index in [4.69, 9.17) is 0 Å². The fourth-order valence-electron chi connectivity index (χ4n) is 3.40. The van der Waals surface area contributed by atoms with Crippen LogP contribution in [0, 0.1) is 27.7 Å². The average Bonchev–Trinajstić information content (AvgIpc) is 2.60. The topological polar surface area (TPSA) is 34.1 Å². The summed E-state index contributed by atoms with van der Waals surface area (Å²) in [5, 5.41) is 0.688. The fourth-order valence-corrected chi connectivity index (χ4v) is 6.12. The standard InChI is InChI=1S/C22H29O2P/c1-6-7-11-14-25(24,20-12-9-8-10-13-20)22(23)21-17(3)15-16(2)18(4)19(21)5/h8-10,12-13,15H,6-7,11,14H2,1-5H3. The molecule has 0 amide bonds. The maximum absolute atomic E-state index is 13.9. The Hall–Kier alpha value is -1.66. The van der Waals surface area contributed by atoms with E-state index in [0.29, 0.717) is 17.0 Å². The summed E-state index contributed by atoms with van der Waals surface area (Å²) < 4.78 is 13.9. The molecular weight excluding hydrogens is 327 g/mol. The largest absolute Gasteiger partial charge is 0.310 e. The highest BCUT2D eigenvalue weighted by molar-refractivity contribution is 7.87. The van der Waals surface area contributed by atoms with Crippen LogP contribution in [0.1, 0.15) is 58.8 Å². The van der Waals surface area contributed by atoms with E-state index in [1.165, 1.54) is 5.56 Å². The first-order valence-electron chi connectivity index (χ1n) is 9.10. The summed E-state index contributed by atoms with van der Waals surface area (Å²) in [5.41, 5.74) is 4.67. The second-order valence-electron chi connectivity index (χ2n) is 6.95. The van der Waals surface area contributed by atoms with Gasteiger partial charge in [-0.05, 0) is 56.4 Å². The van der Waals surface area contributed by atoms with Gasteiger partial charge in [0.25, 0.3) is 0 Å². The van der Waals surface area contributed by atoms with Crippen molar-refractivity contribution < 1.29 is 9.36 Å². The Labute approximate surface area is 152 Å². The van der Waals surface area contributed by atoms with E-state index in [-0.39, 0.29) is 5.52 Å². The Morgan fingerprint density at radius 2 is 1.56 bits per heavy atom. The van der Waals surface area contributed by atoms with Crippen LogP contribution in [0.25, 0.3) is 0 Å². The predicted molar refractivity (Wildman–Crippen MR) is 108 cm³/mol. The van der Waals surface area contributed by atoms with Crippen molar-refractivity contribution in [2.75, 3.05) is 6.16 Å². The number of carbonyl (C=O) groups excluding carboxylic acids is 1. The zero-order chi connectivity index (χ0) is 18.6. The summed E-state index contributed by atoms with van der Waals surface area (Å²) >= 11 is 0. The molecule has 25 heavy (non-hydrogen) atoms. The van der Waals surface area contributed by atoms with Crippen LogP contribution < -0.4 is 5.30 Å². The average molecular weight is 356 g/mol. The molecule has 0 aromatic heterocycles. The van der Waals surface area contributed by atoms with Gasteiger partial charge in [-0.15, -0.1) is 0 Å². The molecule has 0 aliphatic carbocycles. The molecular formula is C22H29O2P. The molecule has 2 aromatic carbocycles. The molecule has 0 saturated carbocycles. The number of rotatable bonds is 7. The van der Waals surface area contributed by atoms with Crippen LogP contribution in [0.4, 0.5) is 0 Å². The third-order valence-corrected chi connectivity index (χ3v) is 8.11. The highest BCUT2D eigenvalue weighted by atomic mass is 31.2. The smallest absolute Gasteiger partial charge is 0.226 e. The molecule has 0 saturated heterocycles. The van der Waals surface area contributed by atoms with E-state index in [0.717, 1.165) is 36.0 Å². The van der Waals surface area contributed by atoms with Gasteiger partial charge >= 0.3 is 0 Å². The third-order valence-electron chi connectivity index (χ3n) is 5.15. The van der Waals surface area contributed by atoms with Crippen molar-refractivity contribution in [3.8, 4) is 0 Å². The number of hydrogen-bond acceptors (Lipinski definition) is 2.